The Kier molecular flexibility index (Phi) is 4.34. The van der Waals surface area contributed by atoms with E-state index in [2.05, 4.69) is 15.6 Å². The normalized spacial score (nSPS) is 10.3. The molecule has 0 radical (unpaired) electrons. The van der Waals surface area contributed by atoms with E-state index in [9.17, 15) is 9.18 Å². The van der Waals surface area contributed by atoms with Gasteiger partial charge in [0.05, 0.1) is 12.2 Å². The molecule has 0 aliphatic carbocycles. The lowest BCUT2D eigenvalue weighted by atomic mass is 10.2. The first-order valence-corrected chi connectivity index (χ1v) is 6.41. The van der Waals surface area contributed by atoms with Crippen LogP contribution in [0, 0.1) is 5.82 Å². The summed E-state index contributed by atoms with van der Waals surface area (Å²) in [6, 6.07) is 4.41. The Labute approximate surface area is 116 Å². The number of benzene rings is 1. The molecule has 0 spiro atoms. The molecule has 20 heavy (non-hydrogen) atoms. The second-order valence-electron chi connectivity index (χ2n) is 4.36. The standard InChI is InChI=1S/C14H17FN4O/c1-3-19-7-6-16-14(19)9-17-13-8-11(18-10(2)20)4-5-12(13)15/h4-8,17H,3,9H2,1-2H3,(H,18,20). The summed E-state index contributed by atoms with van der Waals surface area (Å²) in [5.41, 5.74) is 0.891. The van der Waals surface area contributed by atoms with Gasteiger partial charge in [-0.05, 0) is 25.1 Å². The van der Waals surface area contributed by atoms with Crippen LogP contribution in [0.5, 0.6) is 0 Å². The molecule has 0 atom stereocenters. The molecule has 0 fully saturated rings. The third kappa shape index (κ3) is 3.34. The number of carbonyl (C=O) groups excluding carboxylic acids is 1. The third-order valence-corrected chi connectivity index (χ3v) is 2.87. The number of carbonyl (C=O) groups is 1. The van der Waals surface area contributed by atoms with Crippen LogP contribution in [0.25, 0.3) is 0 Å². The van der Waals surface area contributed by atoms with Crippen molar-refractivity contribution in [2.75, 3.05) is 10.6 Å². The maximum atomic E-state index is 13.7. The van der Waals surface area contributed by atoms with E-state index < -0.39 is 0 Å². The molecular formula is C14H17FN4O. The van der Waals surface area contributed by atoms with Crippen molar-refractivity contribution in [2.45, 2.75) is 26.9 Å². The Hall–Kier alpha value is -2.37. The van der Waals surface area contributed by atoms with Gasteiger partial charge < -0.3 is 15.2 Å². The number of aromatic nitrogens is 2. The zero-order valence-electron chi connectivity index (χ0n) is 11.5. The molecule has 1 aromatic heterocycles. The van der Waals surface area contributed by atoms with E-state index in [0.29, 0.717) is 17.9 Å². The summed E-state index contributed by atoms with van der Waals surface area (Å²) in [6.07, 6.45) is 3.59. The van der Waals surface area contributed by atoms with Crippen molar-refractivity contribution in [1.82, 2.24) is 9.55 Å². The van der Waals surface area contributed by atoms with Gasteiger partial charge in [-0.1, -0.05) is 0 Å². The number of amides is 1. The first-order chi connectivity index (χ1) is 9.60. The number of imidazole rings is 1. The number of aryl methyl sites for hydroxylation is 1. The van der Waals surface area contributed by atoms with Crippen LogP contribution >= 0.6 is 0 Å². The van der Waals surface area contributed by atoms with E-state index in [1.165, 1.54) is 19.1 Å². The molecule has 6 heteroatoms. The van der Waals surface area contributed by atoms with Gasteiger partial charge in [-0.2, -0.15) is 0 Å². The molecule has 1 aromatic carbocycles. The topological polar surface area (TPSA) is 59.0 Å². The zero-order valence-corrected chi connectivity index (χ0v) is 11.5. The highest BCUT2D eigenvalue weighted by molar-refractivity contribution is 5.89. The van der Waals surface area contributed by atoms with Gasteiger partial charge in [-0.25, -0.2) is 9.37 Å². The van der Waals surface area contributed by atoms with Crippen LogP contribution in [-0.2, 0) is 17.9 Å². The molecule has 1 heterocycles. The van der Waals surface area contributed by atoms with E-state index >= 15 is 0 Å². The summed E-state index contributed by atoms with van der Waals surface area (Å²) in [6.45, 7) is 4.66. The van der Waals surface area contributed by atoms with Crippen LogP contribution in [0.1, 0.15) is 19.7 Å². The van der Waals surface area contributed by atoms with E-state index in [1.54, 1.807) is 12.3 Å². The Morgan fingerprint density at radius 1 is 1.45 bits per heavy atom. The van der Waals surface area contributed by atoms with Gasteiger partial charge in [-0.3, -0.25) is 4.79 Å². The van der Waals surface area contributed by atoms with Gasteiger partial charge in [-0.15, -0.1) is 0 Å². The minimum Gasteiger partial charge on any atom is -0.375 e. The number of hydrogen-bond acceptors (Lipinski definition) is 3. The Bertz CT molecular complexity index is 609. The van der Waals surface area contributed by atoms with Crippen molar-refractivity contribution >= 4 is 17.3 Å². The molecular weight excluding hydrogens is 259 g/mol. The van der Waals surface area contributed by atoms with Crippen molar-refractivity contribution in [3.63, 3.8) is 0 Å². The quantitative estimate of drug-likeness (QED) is 0.882. The monoisotopic (exact) mass is 276 g/mol. The SMILES string of the molecule is CCn1ccnc1CNc1cc(NC(C)=O)ccc1F. The van der Waals surface area contributed by atoms with Crippen molar-refractivity contribution in [3.8, 4) is 0 Å². The Morgan fingerprint density at radius 2 is 2.25 bits per heavy atom. The molecule has 106 valence electrons. The van der Waals surface area contributed by atoms with Gasteiger partial charge in [0.2, 0.25) is 5.91 Å². The Balaban J connectivity index is 2.10. The van der Waals surface area contributed by atoms with Crippen LogP contribution in [0.3, 0.4) is 0 Å². The van der Waals surface area contributed by atoms with Crippen molar-refractivity contribution < 1.29 is 9.18 Å². The fraction of sp³-hybridized carbons (Fsp3) is 0.286. The van der Waals surface area contributed by atoms with Crippen LogP contribution in [0.15, 0.2) is 30.6 Å². The first-order valence-electron chi connectivity index (χ1n) is 6.41. The molecule has 1 amide bonds. The average Bonchev–Trinajstić information content (AvgIpc) is 2.86. The third-order valence-electron chi connectivity index (χ3n) is 2.87. The number of halogens is 1. The highest BCUT2D eigenvalue weighted by atomic mass is 19.1. The van der Waals surface area contributed by atoms with Crippen LogP contribution in [-0.4, -0.2) is 15.5 Å². The van der Waals surface area contributed by atoms with Crippen LogP contribution in [0.4, 0.5) is 15.8 Å². The number of nitrogens with one attached hydrogen (secondary N) is 2. The highest BCUT2D eigenvalue weighted by Gasteiger charge is 2.06. The molecule has 2 N–H and O–H groups in total. The lowest BCUT2D eigenvalue weighted by Crippen LogP contribution is -2.10. The van der Waals surface area contributed by atoms with Gasteiger partial charge >= 0.3 is 0 Å². The summed E-state index contributed by atoms with van der Waals surface area (Å²) in [5, 5.41) is 5.62. The maximum absolute atomic E-state index is 13.7. The van der Waals surface area contributed by atoms with E-state index in [4.69, 9.17) is 0 Å². The molecule has 0 bridgehead atoms. The minimum atomic E-state index is -0.367. The van der Waals surface area contributed by atoms with Gasteiger partial charge in [0, 0.05) is 31.5 Å². The second-order valence-corrected chi connectivity index (χ2v) is 4.36. The molecule has 0 saturated carbocycles. The number of rotatable bonds is 5. The molecule has 5 nitrogen and oxygen atoms in total. The van der Waals surface area contributed by atoms with E-state index in [1.807, 2.05) is 17.7 Å². The van der Waals surface area contributed by atoms with Crippen molar-refractivity contribution in [3.05, 3.63) is 42.2 Å². The fourth-order valence-corrected chi connectivity index (χ4v) is 1.91. The molecule has 2 rings (SSSR count). The summed E-state index contributed by atoms with van der Waals surface area (Å²) in [7, 11) is 0. The van der Waals surface area contributed by atoms with Crippen molar-refractivity contribution in [2.24, 2.45) is 0 Å². The maximum Gasteiger partial charge on any atom is 0.221 e. The van der Waals surface area contributed by atoms with Crippen LogP contribution in [0.2, 0.25) is 0 Å². The predicted molar refractivity (Wildman–Crippen MR) is 75.9 cm³/mol. The largest absolute Gasteiger partial charge is 0.375 e. The smallest absolute Gasteiger partial charge is 0.221 e. The highest BCUT2D eigenvalue weighted by Crippen LogP contribution is 2.20. The minimum absolute atomic E-state index is 0.191. The summed E-state index contributed by atoms with van der Waals surface area (Å²) in [5.74, 6) is 0.273. The fourth-order valence-electron chi connectivity index (χ4n) is 1.91. The first kappa shape index (κ1) is 14.0. The lowest BCUT2D eigenvalue weighted by Gasteiger charge is -2.10. The summed E-state index contributed by atoms with van der Waals surface area (Å²) < 4.78 is 15.7. The van der Waals surface area contributed by atoms with Gasteiger partial charge in [0.15, 0.2) is 0 Å². The van der Waals surface area contributed by atoms with Gasteiger partial charge in [0.25, 0.3) is 0 Å². The predicted octanol–water partition coefficient (Wildman–Crippen LogP) is 2.61. The number of nitrogens with zero attached hydrogens (tertiary/aromatic N) is 2. The molecule has 0 saturated heterocycles. The second kappa shape index (κ2) is 6.18. The van der Waals surface area contributed by atoms with E-state index in [0.717, 1.165) is 12.4 Å². The average molecular weight is 276 g/mol. The van der Waals surface area contributed by atoms with Crippen molar-refractivity contribution in [1.29, 1.82) is 0 Å². The lowest BCUT2D eigenvalue weighted by molar-refractivity contribution is -0.114. The van der Waals surface area contributed by atoms with E-state index in [-0.39, 0.29) is 11.7 Å². The van der Waals surface area contributed by atoms with Crippen LogP contribution < -0.4 is 10.6 Å². The Morgan fingerprint density at radius 3 is 2.95 bits per heavy atom. The molecule has 2 aromatic rings. The zero-order chi connectivity index (χ0) is 14.5. The molecule has 0 aliphatic rings. The molecule has 0 aliphatic heterocycles. The summed E-state index contributed by atoms with van der Waals surface area (Å²) >= 11 is 0. The van der Waals surface area contributed by atoms with Gasteiger partial charge in [0.1, 0.15) is 11.6 Å². The number of hydrogen-bond donors (Lipinski definition) is 2. The number of anilines is 2. The molecule has 0 unspecified atom stereocenters. The summed E-state index contributed by atoms with van der Waals surface area (Å²) in [4.78, 5) is 15.2.